The maximum absolute atomic E-state index is 5.42. The molecule has 0 unspecified atom stereocenters. The summed E-state index contributed by atoms with van der Waals surface area (Å²) in [6.07, 6.45) is 2.56. The lowest BCUT2D eigenvalue weighted by atomic mass is 10.1. The summed E-state index contributed by atoms with van der Waals surface area (Å²) >= 11 is 0. The molecule has 0 spiro atoms. The Bertz CT molecular complexity index is 456. The number of likely N-dealkylation sites (tertiary alicyclic amines) is 1. The molecule has 4 rings (SSSR count). The van der Waals surface area contributed by atoms with Crippen LogP contribution in [0.15, 0.2) is 10.6 Å². The number of hydrogen-bond acceptors (Lipinski definition) is 5. The fourth-order valence-electron chi connectivity index (χ4n) is 3.28. The Balaban J connectivity index is 1.24. The van der Waals surface area contributed by atoms with Crippen LogP contribution in [0.2, 0.25) is 0 Å². The standard InChI is InChI=1S/C15H24N4O/c1-17-4-6-19(7-5-17)14-10-18(11-14)9-13-8-15(20-16-13)12-2-3-12/h8,12,14H,2-7,9-11H2,1H3. The van der Waals surface area contributed by atoms with Gasteiger partial charge in [0.1, 0.15) is 5.76 Å². The highest BCUT2D eigenvalue weighted by Gasteiger charge is 2.34. The molecule has 3 fully saturated rings. The van der Waals surface area contributed by atoms with E-state index >= 15 is 0 Å². The summed E-state index contributed by atoms with van der Waals surface area (Å²) in [6, 6.07) is 2.93. The Morgan fingerprint density at radius 3 is 2.65 bits per heavy atom. The molecule has 0 amide bonds. The maximum atomic E-state index is 5.42. The molecule has 110 valence electrons. The quantitative estimate of drug-likeness (QED) is 0.819. The van der Waals surface area contributed by atoms with Crippen LogP contribution >= 0.6 is 0 Å². The molecule has 0 atom stereocenters. The molecule has 1 aromatic rings. The molecule has 1 aliphatic carbocycles. The van der Waals surface area contributed by atoms with Crippen LogP contribution < -0.4 is 0 Å². The molecule has 1 saturated carbocycles. The number of nitrogens with zero attached hydrogens (tertiary/aromatic N) is 4. The summed E-state index contributed by atoms with van der Waals surface area (Å²) in [5.74, 6) is 1.78. The molecule has 3 aliphatic rings. The Hall–Kier alpha value is -0.910. The third-order valence-corrected chi connectivity index (χ3v) is 4.93. The number of rotatable bonds is 4. The van der Waals surface area contributed by atoms with Gasteiger partial charge in [0.15, 0.2) is 0 Å². The molecule has 5 nitrogen and oxygen atoms in total. The molecule has 0 bridgehead atoms. The van der Waals surface area contributed by atoms with E-state index in [1.54, 1.807) is 0 Å². The lowest BCUT2D eigenvalue weighted by Gasteiger charge is -2.47. The average molecular weight is 276 g/mol. The summed E-state index contributed by atoms with van der Waals surface area (Å²) in [7, 11) is 2.21. The fraction of sp³-hybridized carbons (Fsp3) is 0.800. The van der Waals surface area contributed by atoms with Gasteiger partial charge in [0, 0.05) is 63.8 Å². The van der Waals surface area contributed by atoms with Crippen molar-refractivity contribution in [2.24, 2.45) is 0 Å². The molecule has 1 aromatic heterocycles. The second-order valence-electron chi connectivity index (χ2n) is 6.68. The molecule has 2 aliphatic heterocycles. The second-order valence-corrected chi connectivity index (χ2v) is 6.68. The summed E-state index contributed by atoms with van der Waals surface area (Å²) in [5.41, 5.74) is 1.11. The van der Waals surface area contributed by atoms with Crippen molar-refractivity contribution in [1.29, 1.82) is 0 Å². The minimum atomic E-state index is 0.672. The van der Waals surface area contributed by atoms with E-state index in [1.807, 2.05) is 0 Å². The van der Waals surface area contributed by atoms with Crippen molar-refractivity contribution in [3.05, 3.63) is 17.5 Å². The van der Waals surface area contributed by atoms with Crippen LogP contribution in [-0.4, -0.2) is 72.2 Å². The SMILES string of the molecule is CN1CCN(C2CN(Cc3cc(C4CC4)on3)C2)CC1. The van der Waals surface area contributed by atoms with E-state index in [1.165, 1.54) is 52.1 Å². The normalized spacial score (nSPS) is 26.9. The minimum Gasteiger partial charge on any atom is -0.361 e. The van der Waals surface area contributed by atoms with Crippen molar-refractivity contribution in [2.45, 2.75) is 31.3 Å². The zero-order valence-electron chi connectivity index (χ0n) is 12.3. The highest BCUT2D eigenvalue weighted by molar-refractivity contribution is 5.14. The van der Waals surface area contributed by atoms with E-state index in [2.05, 4.69) is 33.0 Å². The number of hydrogen-bond donors (Lipinski definition) is 0. The summed E-state index contributed by atoms with van der Waals surface area (Å²) in [4.78, 5) is 7.55. The van der Waals surface area contributed by atoms with E-state index in [-0.39, 0.29) is 0 Å². The van der Waals surface area contributed by atoms with Crippen LogP contribution in [-0.2, 0) is 6.54 Å². The van der Waals surface area contributed by atoms with Gasteiger partial charge in [0.05, 0.1) is 5.69 Å². The predicted octanol–water partition coefficient (Wildman–Crippen LogP) is 0.984. The van der Waals surface area contributed by atoms with Gasteiger partial charge in [-0.2, -0.15) is 0 Å². The Morgan fingerprint density at radius 1 is 1.20 bits per heavy atom. The molecule has 3 heterocycles. The van der Waals surface area contributed by atoms with Crippen molar-refractivity contribution in [1.82, 2.24) is 19.9 Å². The van der Waals surface area contributed by atoms with Gasteiger partial charge in [-0.1, -0.05) is 5.16 Å². The van der Waals surface area contributed by atoms with Gasteiger partial charge in [0.2, 0.25) is 0 Å². The predicted molar refractivity (Wildman–Crippen MR) is 76.6 cm³/mol. The van der Waals surface area contributed by atoms with Crippen molar-refractivity contribution in [2.75, 3.05) is 46.3 Å². The van der Waals surface area contributed by atoms with Crippen molar-refractivity contribution < 1.29 is 4.52 Å². The molecule has 5 heteroatoms. The average Bonchev–Trinajstić information content (AvgIpc) is 3.15. The van der Waals surface area contributed by atoms with Gasteiger partial charge in [-0.15, -0.1) is 0 Å². The molecule has 0 radical (unpaired) electrons. The zero-order chi connectivity index (χ0) is 13.5. The first kappa shape index (κ1) is 12.8. The number of aromatic nitrogens is 1. The van der Waals surface area contributed by atoms with Gasteiger partial charge in [-0.05, 0) is 19.9 Å². The van der Waals surface area contributed by atoms with E-state index in [9.17, 15) is 0 Å². The zero-order valence-corrected chi connectivity index (χ0v) is 12.3. The van der Waals surface area contributed by atoms with Gasteiger partial charge < -0.3 is 9.42 Å². The third-order valence-electron chi connectivity index (χ3n) is 4.93. The Kier molecular flexibility index (Phi) is 3.28. The van der Waals surface area contributed by atoms with Crippen LogP contribution in [0, 0.1) is 0 Å². The lowest BCUT2D eigenvalue weighted by molar-refractivity contribution is 0.00449. The fourth-order valence-corrected chi connectivity index (χ4v) is 3.28. The smallest absolute Gasteiger partial charge is 0.140 e. The Labute approximate surface area is 120 Å². The summed E-state index contributed by atoms with van der Waals surface area (Å²) in [6.45, 7) is 8.22. The lowest BCUT2D eigenvalue weighted by Crippen LogP contribution is -2.62. The third kappa shape index (κ3) is 2.62. The molecular formula is C15H24N4O. The highest BCUT2D eigenvalue weighted by Crippen LogP contribution is 2.40. The van der Waals surface area contributed by atoms with Crippen LogP contribution in [0.5, 0.6) is 0 Å². The van der Waals surface area contributed by atoms with Crippen LogP contribution in [0.4, 0.5) is 0 Å². The van der Waals surface area contributed by atoms with Crippen LogP contribution in [0.1, 0.15) is 30.2 Å². The van der Waals surface area contributed by atoms with E-state index in [4.69, 9.17) is 4.52 Å². The van der Waals surface area contributed by atoms with Gasteiger partial charge in [-0.25, -0.2) is 0 Å². The molecular weight excluding hydrogens is 252 g/mol. The van der Waals surface area contributed by atoms with Gasteiger partial charge in [0.25, 0.3) is 0 Å². The largest absolute Gasteiger partial charge is 0.361 e. The van der Waals surface area contributed by atoms with Gasteiger partial charge in [-0.3, -0.25) is 9.80 Å². The van der Waals surface area contributed by atoms with Crippen LogP contribution in [0.25, 0.3) is 0 Å². The first-order valence-electron chi connectivity index (χ1n) is 7.88. The van der Waals surface area contributed by atoms with Crippen molar-refractivity contribution in [3.63, 3.8) is 0 Å². The first-order chi connectivity index (χ1) is 9.78. The van der Waals surface area contributed by atoms with E-state index in [0.717, 1.165) is 24.0 Å². The molecule has 0 N–H and O–H groups in total. The molecule has 0 aromatic carbocycles. The maximum Gasteiger partial charge on any atom is 0.140 e. The van der Waals surface area contributed by atoms with Gasteiger partial charge >= 0.3 is 0 Å². The summed E-state index contributed by atoms with van der Waals surface area (Å²) < 4.78 is 5.42. The second kappa shape index (κ2) is 5.13. The van der Waals surface area contributed by atoms with Crippen molar-refractivity contribution in [3.8, 4) is 0 Å². The summed E-state index contributed by atoms with van der Waals surface area (Å²) in [5, 5.41) is 4.21. The number of likely N-dealkylation sites (N-methyl/N-ethyl adjacent to an activating group) is 1. The highest BCUT2D eigenvalue weighted by atomic mass is 16.5. The monoisotopic (exact) mass is 276 g/mol. The molecule has 2 saturated heterocycles. The topological polar surface area (TPSA) is 35.8 Å². The molecule has 20 heavy (non-hydrogen) atoms. The van der Waals surface area contributed by atoms with Crippen molar-refractivity contribution >= 4 is 0 Å². The Morgan fingerprint density at radius 2 is 1.95 bits per heavy atom. The van der Waals surface area contributed by atoms with E-state index < -0.39 is 0 Å². The minimum absolute atomic E-state index is 0.672. The van der Waals surface area contributed by atoms with Crippen LogP contribution in [0.3, 0.4) is 0 Å². The van der Waals surface area contributed by atoms with E-state index in [0.29, 0.717) is 5.92 Å². The first-order valence-corrected chi connectivity index (χ1v) is 7.88. The number of piperazine rings is 1.